The van der Waals surface area contributed by atoms with Gasteiger partial charge in [-0.1, -0.05) is 37.6 Å². The molecule has 0 aromatic heterocycles. The number of aryl methyl sites for hydroxylation is 2. The first-order valence-electron chi connectivity index (χ1n) is 5.90. The molecule has 0 saturated heterocycles. The van der Waals surface area contributed by atoms with Crippen LogP contribution >= 0.6 is 0 Å². The average molecular weight is 234 g/mol. The summed E-state index contributed by atoms with van der Waals surface area (Å²) in [5, 5.41) is 3.09. The number of carbonyl (C=O) groups is 1. The lowest BCUT2D eigenvalue weighted by molar-refractivity contribution is -0.117. The molecule has 0 spiro atoms. The van der Waals surface area contributed by atoms with Gasteiger partial charge in [0.1, 0.15) is 0 Å². The Kier molecular flexibility index (Phi) is 4.29. The number of carbonyl (C=O) groups excluding carboxylic acids is 1. The molecule has 0 aliphatic rings. The molecule has 3 nitrogen and oxygen atoms in total. The van der Waals surface area contributed by atoms with Gasteiger partial charge in [-0.15, -0.1) is 0 Å². The van der Waals surface area contributed by atoms with Crippen LogP contribution in [0.15, 0.2) is 18.2 Å². The van der Waals surface area contributed by atoms with Crippen molar-refractivity contribution < 1.29 is 4.79 Å². The van der Waals surface area contributed by atoms with E-state index in [-0.39, 0.29) is 17.9 Å². The molecule has 3 heteroatoms. The molecule has 0 saturated carbocycles. The highest BCUT2D eigenvalue weighted by atomic mass is 16.1. The molecule has 17 heavy (non-hydrogen) atoms. The van der Waals surface area contributed by atoms with E-state index in [1.165, 1.54) is 16.7 Å². The Morgan fingerprint density at radius 2 is 2.00 bits per heavy atom. The van der Waals surface area contributed by atoms with Crippen LogP contribution in [0.25, 0.3) is 0 Å². The summed E-state index contributed by atoms with van der Waals surface area (Å²) in [4.78, 5) is 10.7. The van der Waals surface area contributed by atoms with Crippen LogP contribution < -0.4 is 11.1 Å². The van der Waals surface area contributed by atoms with E-state index in [0.717, 1.165) is 6.54 Å². The fraction of sp³-hybridized carbons (Fsp3) is 0.500. The maximum atomic E-state index is 10.7. The minimum atomic E-state index is -0.318. The predicted molar refractivity (Wildman–Crippen MR) is 71.0 cm³/mol. The van der Waals surface area contributed by atoms with Crippen LogP contribution in [0.3, 0.4) is 0 Å². The molecule has 1 amide bonds. The van der Waals surface area contributed by atoms with Gasteiger partial charge >= 0.3 is 0 Å². The van der Waals surface area contributed by atoms with Gasteiger partial charge in [-0.3, -0.25) is 4.79 Å². The molecule has 3 N–H and O–H groups in total. The Hall–Kier alpha value is -1.35. The van der Waals surface area contributed by atoms with Crippen molar-refractivity contribution in [1.29, 1.82) is 0 Å². The molecule has 0 heterocycles. The maximum Gasteiger partial charge on any atom is 0.231 e. The highest BCUT2D eigenvalue weighted by Gasteiger charge is 2.22. The van der Waals surface area contributed by atoms with E-state index in [0.29, 0.717) is 0 Å². The third-order valence-electron chi connectivity index (χ3n) is 2.98. The van der Waals surface area contributed by atoms with Gasteiger partial charge in [0.25, 0.3) is 0 Å². The molecule has 94 valence electrons. The van der Waals surface area contributed by atoms with E-state index in [1.54, 1.807) is 0 Å². The predicted octanol–water partition coefficient (Wildman–Crippen LogP) is 1.66. The SMILES string of the molecule is Cc1ccc(C(C)(C)CNCC(N)=O)c(C)c1. The Morgan fingerprint density at radius 3 is 2.53 bits per heavy atom. The van der Waals surface area contributed by atoms with Crippen molar-refractivity contribution in [2.24, 2.45) is 5.73 Å². The minimum absolute atomic E-state index is 0.00671. The van der Waals surface area contributed by atoms with E-state index < -0.39 is 0 Å². The van der Waals surface area contributed by atoms with Crippen LogP contribution in [-0.4, -0.2) is 19.0 Å². The molecule has 0 atom stereocenters. The zero-order chi connectivity index (χ0) is 13.1. The summed E-state index contributed by atoms with van der Waals surface area (Å²) in [6.07, 6.45) is 0. The molecule has 0 fully saturated rings. The molecule has 0 aliphatic carbocycles. The number of rotatable bonds is 5. The fourth-order valence-corrected chi connectivity index (χ4v) is 2.17. The van der Waals surface area contributed by atoms with Crippen LogP contribution in [0, 0.1) is 13.8 Å². The zero-order valence-electron chi connectivity index (χ0n) is 11.1. The van der Waals surface area contributed by atoms with Gasteiger partial charge < -0.3 is 11.1 Å². The van der Waals surface area contributed by atoms with E-state index in [9.17, 15) is 4.79 Å². The van der Waals surface area contributed by atoms with Crippen molar-refractivity contribution in [3.8, 4) is 0 Å². The van der Waals surface area contributed by atoms with Crippen LogP contribution in [-0.2, 0) is 10.2 Å². The van der Waals surface area contributed by atoms with Gasteiger partial charge in [0.15, 0.2) is 0 Å². The van der Waals surface area contributed by atoms with E-state index >= 15 is 0 Å². The normalized spacial score (nSPS) is 11.5. The Morgan fingerprint density at radius 1 is 1.35 bits per heavy atom. The summed E-state index contributed by atoms with van der Waals surface area (Å²) in [6, 6.07) is 6.47. The number of hydrogen-bond donors (Lipinski definition) is 2. The molecular weight excluding hydrogens is 212 g/mol. The highest BCUT2D eigenvalue weighted by Crippen LogP contribution is 2.26. The first-order chi connectivity index (χ1) is 7.83. The number of primary amides is 1. The monoisotopic (exact) mass is 234 g/mol. The lowest BCUT2D eigenvalue weighted by atomic mass is 9.81. The largest absolute Gasteiger partial charge is 0.369 e. The van der Waals surface area contributed by atoms with Crippen molar-refractivity contribution in [2.45, 2.75) is 33.1 Å². The van der Waals surface area contributed by atoms with E-state index in [2.05, 4.69) is 51.2 Å². The van der Waals surface area contributed by atoms with Gasteiger partial charge in [0, 0.05) is 12.0 Å². The molecule has 0 bridgehead atoms. The summed E-state index contributed by atoms with van der Waals surface area (Å²) in [5.41, 5.74) is 8.97. The summed E-state index contributed by atoms with van der Waals surface area (Å²) >= 11 is 0. The smallest absolute Gasteiger partial charge is 0.231 e. The van der Waals surface area contributed by atoms with Crippen LogP contribution in [0.4, 0.5) is 0 Å². The molecule has 0 radical (unpaired) electrons. The first-order valence-corrected chi connectivity index (χ1v) is 5.90. The molecular formula is C14H22N2O. The van der Waals surface area contributed by atoms with Crippen molar-refractivity contribution >= 4 is 5.91 Å². The summed E-state index contributed by atoms with van der Waals surface area (Å²) in [6.45, 7) is 9.51. The van der Waals surface area contributed by atoms with Crippen molar-refractivity contribution in [3.05, 3.63) is 34.9 Å². The van der Waals surface area contributed by atoms with Gasteiger partial charge in [-0.25, -0.2) is 0 Å². The van der Waals surface area contributed by atoms with Gasteiger partial charge in [-0.05, 0) is 25.0 Å². The zero-order valence-corrected chi connectivity index (χ0v) is 11.1. The Balaban J connectivity index is 2.78. The standard InChI is InChI=1S/C14H22N2O/c1-10-5-6-12(11(2)7-10)14(3,4)9-16-8-13(15)17/h5-7,16H,8-9H2,1-4H3,(H2,15,17). The number of nitrogens with one attached hydrogen (secondary N) is 1. The minimum Gasteiger partial charge on any atom is -0.369 e. The number of hydrogen-bond acceptors (Lipinski definition) is 2. The number of nitrogens with two attached hydrogens (primary N) is 1. The topological polar surface area (TPSA) is 55.1 Å². The molecule has 1 rings (SSSR count). The lowest BCUT2D eigenvalue weighted by Crippen LogP contribution is -2.38. The van der Waals surface area contributed by atoms with Gasteiger partial charge in [0.05, 0.1) is 6.54 Å². The Labute approximate surface area is 103 Å². The summed E-state index contributed by atoms with van der Waals surface area (Å²) in [5.74, 6) is -0.318. The molecule has 1 aromatic carbocycles. The van der Waals surface area contributed by atoms with Gasteiger partial charge in [0.2, 0.25) is 5.91 Å². The van der Waals surface area contributed by atoms with E-state index in [4.69, 9.17) is 5.73 Å². The second-order valence-corrected chi connectivity index (χ2v) is 5.27. The second-order valence-electron chi connectivity index (χ2n) is 5.27. The average Bonchev–Trinajstić information content (AvgIpc) is 2.15. The second kappa shape index (κ2) is 5.32. The van der Waals surface area contributed by atoms with Crippen molar-refractivity contribution in [3.63, 3.8) is 0 Å². The highest BCUT2D eigenvalue weighted by molar-refractivity contribution is 5.75. The third-order valence-corrected chi connectivity index (χ3v) is 2.98. The van der Waals surface area contributed by atoms with Crippen LogP contribution in [0.1, 0.15) is 30.5 Å². The Bertz CT molecular complexity index is 411. The maximum absolute atomic E-state index is 10.7. The fourth-order valence-electron chi connectivity index (χ4n) is 2.17. The summed E-state index contributed by atoms with van der Waals surface area (Å²) < 4.78 is 0. The molecule has 0 aliphatic heterocycles. The first kappa shape index (κ1) is 13.7. The van der Waals surface area contributed by atoms with Gasteiger partial charge in [-0.2, -0.15) is 0 Å². The summed E-state index contributed by atoms with van der Waals surface area (Å²) in [7, 11) is 0. The van der Waals surface area contributed by atoms with Crippen LogP contribution in [0.2, 0.25) is 0 Å². The lowest BCUT2D eigenvalue weighted by Gasteiger charge is -2.27. The third kappa shape index (κ3) is 3.86. The van der Waals surface area contributed by atoms with E-state index in [1.807, 2.05) is 0 Å². The quantitative estimate of drug-likeness (QED) is 0.814. The number of amides is 1. The van der Waals surface area contributed by atoms with Crippen LogP contribution in [0.5, 0.6) is 0 Å². The number of benzene rings is 1. The molecule has 0 unspecified atom stereocenters. The van der Waals surface area contributed by atoms with Crippen molar-refractivity contribution in [1.82, 2.24) is 5.32 Å². The molecule has 1 aromatic rings. The van der Waals surface area contributed by atoms with Crippen molar-refractivity contribution in [2.75, 3.05) is 13.1 Å².